The first-order valence-corrected chi connectivity index (χ1v) is 7.27. The minimum atomic E-state index is -2.87. The number of hydrogen-bond acceptors (Lipinski definition) is 5. The summed E-state index contributed by atoms with van der Waals surface area (Å²) in [7, 11) is -2.87. The molecular formula is C7H13BrN4O2S. The Labute approximate surface area is 96.9 Å². The average molecular weight is 297 g/mol. The van der Waals surface area contributed by atoms with Gasteiger partial charge >= 0.3 is 0 Å². The van der Waals surface area contributed by atoms with Crippen molar-refractivity contribution in [3.63, 3.8) is 0 Å². The van der Waals surface area contributed by atoms with Crippen molar-refractivity contribution in [3.8, 4) is 0 Å². The van der Waals surface area contributed by atoms with Gasteiger partial charge in [-0.05, 0) is 28.8 Å². The number of hydrogen-bond donors (Lipinski definition) is 1. The van der Waals surface area contributed by atoms with Crippen LogP contribution >= 0.6 is 15.9 Å². The molecule has 0 saturated carbocycles. The highest BCUT2D eigenvalue weighted by Gasteiger charge is 2.05. The van der Waals surface area contributed by atoms with Gasteiger partial charge in [0, 0.05) is 18.6 Å². The number of anilines is 1. The molecule has 0 unspecified atom stereocenters. The summed E-state index contributed by atoms with van der Waals surface area (Å²) in [5, 5.41) is 3.93. The molecule has 0 fully saturated rings. The van der Waals surface area contributed by atoms with Crippen molar-refractivity contribution in [1.29, 1.82) is 0 Å². The van der Waals surface area contributed by atoms with Crippen molar-refractivity contribution in [1.82, 2.24) is 14.8 Å². The van der Waals surface area contributed by atoms with E-state index in [2.05, 4.69) is 26.0 Å². The molecule has 0 aromatic carbocycles. The molecule has 1 aromatic heterocycles. The lowest BCUT2D eigenvalue weighted by Gasteiger charge is -2.01. The van der Waals surface area contributed by atoms with E-state index in [-0.39, 0.29) is 11.7 Å². The van der Waals surface area contributed by atoms with Gasteiger partial charge in [-0.15, -0.1) is 5.10 Å². The third kappa shape index (κ3) is 4.61. The van der Waals surface area contributed by atoms with E-state index in [0.29, 0.717) is 17.7 Å². The van der Waals surface area contributed by atoms with Crippen LogP contribution < -0.4 is 5.73 Å². The molecule has 2 N–H and O–H groups in total. The van der Waals surface area contributed by atoms with Gasteiger partial charge in [-0.25, -0.2) is 13.1 Å². The maximum Gasteiger partial charge on any atom is 0.240 e. The van der Waals surface area contributed by atoms with Crippen LogP contribution in [0.2, 0.25) is 0 Å². The zero-order valence-electron chi connectivity index (χ0n) is 8.35. The van der Waals surface area contributed by atoms with Crippen molar-refractivity contribution in [3.05, 3.63) is 4.73 Å². The van der Waals surface area contributed by atoms with Crippen molar-refractivity contribution in [2.75, 3.05) is 17.7 Å². The Morgan fingerprint density at radius 1 is 1.47 bits per heavy atom. The normalized spacial score (nSPS) is 11.9. The third-order valence-electron chi connectivity index (χ3n) is 1.78. The fraction of sp³-hybridized carbons (Fsp3) is 0.714. The Balaban J connectivity index is 2.35. The number of unbranched alkanes of at least 4 members (excludes halogenated alkanes) is 1. The van der Waals surface area contributed by atoms with Crippen LogP contribution in [-0.4, -0.2) is 35.2 Å². The molecule has 0 aliphatic rings. The van der Waals surface area contributed by atoms with Crippen LogP contribution in [0.15, 0.2) is 4.73 Å². The van der Waals surface area contributed by atoms with Gasteiger partial charge < -0.3 is 5.73 Å². The average Bonchev–Trinajstić information content (AvgIpc) is 2.37. The Kier molecular flexibility index (Phi) is 4.09. The van der Waals surface area contributed by atoms with Crippen LogP contribution in [0.3, 0.4) is 0 Å². The van der Waals surface area contributed by atoms with Crippen molar-refractivity contribution >= 4 is 31.7 Å². The first-order chi connectivity index (χ1) is 6.88. The summed E-state index contributed by atoms with van der Waals surface area (Å²) in [6.45, 7) is 0.611. The van der Waals surface area contributed by atoms with Gasteiger partial charge in [-0.3, -0.25) is 0 Å². The Morgan fingerprint density at radius 3 is 2.60 bits per heavy atom. The highest BCUT2D eigenvalue weighted by molar-refractivity contribution is 9.10. The van der Waals surface area contributed by atoms with Crippen LogP contribution in [0.25, 0.3) is 0 Å². The second-order valence-corrected chi connectivity index (χ2v) is 6.27. The van der Waals surface area contributed by atoms with E-state index in [1.54, 1.807) is 4.68 Å². The number of nitrogens with two attached hydrogens (primary N) is 1. The fourth-order valence-electron chi connectivity index (χ4n) is 1.11. The van der Waals surface area contributed by atoms with Crippen LogP contribution in [0.1, 0.15) is 12.8 Å². The summed E-state index contributed by atoms with van der Waals surface area (Å²) in [6, 6.07) is 0. The van der Waals surface area contributed by atoms with Gasteiger partial charge in [0.2, 0.25) is 5.95 Å². The summed E-state index contributed by atoms with van der Waals surface area (Å²) >= 11 is 3.20. The van der Waals surface area contributed by atoms with Crippen LogP contribution in [0.5, 0.6) is 0 Å². The molecule has 15 heavy (non-hydrogen) atoms. The second-order valence-electron chi connectivity index (χ2n) is 3.30. The minimum Gasteiger partial charge on any atom is -0.366 e. The topological polar surface area (TPSA) is 90.9 Å². The molecule has 0 aliphatic carbocycles. The van der Waals surface area contributed by atoms with Gasteiger partial charge in [0.15, 0.2) is 4.73 Å². The monoisotopic (exact) mass is 296 g/mol. The molecule has 0 radical (unpaired) electrons. The number of halogens is 1. The Morgan fingerprint density at radius 2 is 2.13 bits per heavy atom. The molecule has 8 heteroatoms. The summed E-state index contributed by atoms with van der Waals surface area (Å²) in [4.78, 5) is 3.87. The Bertz CT molecular complexity index is 428. The molecule has 0 amide bonds. The third-order valence-corrected chi connectivity index (χ3v) is 3.39. The van der Waals surface area contributed by atoms with Crippen LogP contribution in [0.4, 0.5) is 5.95 Å². The molecule has 0 aliphatic heterocycles. The lowest BCUT2D eigenvalue weighted by Crippen LogP contribution is -2.06. The van der Waals surface area contributed by atoms with Crippen molar-refractivity contribution < 1.29 is 8.42 Å². The maximum absolute atomic E-state index is 10.8. The number of aromatic nitrogens is 3. The molecule has 1 heterocycles. The Hall–Kier alpha value is -0.630. The highest BCUT2D eigenvalue weighted by atomic mass is 79.9. The van der Waals surface area contributed by atoms with Crippen molar-refractivity contribution in [2.45, 2.75) is 19.4 Å². The van der Waals surface area contributed by atoms with Crippen molar-refractivity contribution in [2.24, 2.45) is 0 Å². The number of nitrogen functional groups attached to an aromatic ring is 1. The van der Waals surface area contributed by atoms with E-state index in [1.807, 2.05) is 0 Å². The van der Waals surface area contributed by atoms with E-state index < -0.39 is 9.84 Å². The molecular weight excluding hydrogens is 284 g/mol. The molecule has 1 rings (SSSR count). The zero-order valence-corrected chi connectivity index (χ0v) is 10.8. The van der Waals surface area contributed by atoms with E-state index in [0.717, 1.165) is 6.42 Å². The van der Waals surface area contributed by atoms with Crippen LogP contribution in [-0.2, 0) is 16.4 Å². The lowest BCUT2D eigenvalue weighted by molar-refractivity contribution is 0.554. The number of rotatable bonds is 5. The van der Waals surface area contributed by atoms with Gasteiger partial charge in [-0.1, -0.05) is 0 Å². The summed E-state index contributed by atoms with van der Waals surface area (Å²) in [5.74, 6) is 0.416. The van der Waals surface area contributed by atoms with Gasteiger partial charge in [0.25, 0.3) is 0 Å². The smallest absolute Gasteiger partial charge is 0.240 e. The molecule has 0 spiro atoms. The summed E-state index contributed by atoms with van der Waals surface area (Å²) in [6.07, 6.45) is 2.58. The van der Waals surface area contributed by atoms with Gasteiger partial charge in [0.1, 0.15) is 9.84 Å². The van der Waals surface area contributed by atoms with E-state index >= 15 is 0 Å². The van der Waals surface area contributed by atoms with Crippen LogP contribution in [0, 0.1) is 0 Å². The molecule has 6 nitrogen and oxygen atoms in total. The number of sulfone groups is 1. The van der Waals surface area contributed by atoms with Gasteiger partial charge in [-0.2, -0.15) is 4.98 Å². The quantitative estimate of drug-likeness (QED) is 0.797. The van der Waals surface area contributed by atoms with E-state index in [1.165, 1.54) is 6.26 Å². The SMILES string of the molecule is CS(=O)(=O)CCCCn1nc(N)nc1Br. The highest BCUT2D eigenvalue weighted by Crippen LogP contribution is 2.09. The molecule has 0 saturated heterocycles. The van der Waals surface area contributed by atoms with E-state index in [9.17, 15) is 8.42 Å². The standard InChI is InChI=1S/C7H13BrN4O2S/c1-15(13,14)5-3-2-4-12-6(8)10-7(9)11-12/h2-5H2,1H3,(H2,9,11). The zero-order chi connectivity index (χ0) is 11.5. The fourth-order valence-corrected chi connectivity index (χ4v) is 2.27. The number of aryl methyl sites for hydroxylation is 1. The predicted octanol–water partition coefficient (Wildman–Crippen LogP) is 0.448. The largest absolute Gasteiger partial charge is 0.366 e. The summed E-state index contributed by atoms with van der Waals surface area (Å²) < 4.78 is 23.9. The first kappa shape index (κ1) is 12.4. The molecule has 0 atom stereocenters. The maximum atomic E-state index is 10.8. The first-order valence-electron chi connectivity index (χ1n) is 4.42. The number of nitrogens with zero attached hydrogens (tertiary/aromatic N) is 3. The van der Waals surface area contributed by atoms with E-state index in [4.69, 9.17) is 5.73 Å². The minimum absolute atomic E-state index is 0.203. The summed E-state index contributed by atoms with van der Waals surface area (Å²) in [5.41, 5.74) is 5.38. The molecule has 0 bridgehead atoms. The lowest BCUT2D eigenvalue weighted by atomic mass is 10.3. The molecule has 1 aromatic rings. The predicted molar refractivity (Wildman–Crippen MR) is 61.1 cm³/mol. The second kappa shape index (κ2) is 4.93. The van der Waals surface area contributed by atoms with Gasteiger partial charge in [0.05, 0.1) is 0 Å². The molecule has 86 valence electrons.